The Balaban J connectivity index is 1.96. The molecule has 1 aliphatic rings. The Morgan fingerprint density at radius 2 is 2.11 bits per heavy atom. The van der Waals surface area contributed by atoms with Gasteiger partial charge in [-0.05, 0) is 43.0 Å². The lowest BCUT2D eigenvalue weighted by atomic mass is 9.98. The third-order valence-electron chi connectivity index (χ3n) is 3.66. The summed E-state index contributed by atoms with van der Waals surface area (Å²) in [6, 6.07) is 8.79. The minimum absolute atomic E-state index is 0.314. The van der Waals surface area contributed by atoms with E-state index in [9.17, 15) is 5.11 Å². The van der Waals surface area contributed by atoms with Gasteiger partial charge in [-0.1, -0.05) is 19.1 Å². The van der Waals surface area contributed by atoms with Crippen LogP contribution in [0.2, 0.25) is 0 Å². The highest BCUT2D eigenvalue weighted by Crippen LogP contribution is 2.23. The summed E-state index contributed by atoms with van der Waals surface area (Å²) < 4.78 is 0. The lowest BCUT2D eigenvalue weighted by molar-refractivity contribution is 0.209. The number of nitrogens with one attached hydrogen (secondary N) is 1. The zero-order chi connectivity index (χ0) is 12.8. The number of benzene rings is 1. The van der Waals surface area contributed by atoms with E-state index in [0.717, 1.165) is 32.6 Å². The van der Waals surface area contributed by atoms with Gasteiger partial charge in [-0.3, -0.25) is 0 Å². The first kappa shape index (κ1) is 13.4. The maximum atomic E-state index is 9.26. The zero-order valence-electron chi connectivity index (χ0n) is 11.2. The number of rotatable bonds is 5. The van der Waals surface area contributed by atoms with Crippen molar-refractivity contribution in [1.29, 1.82) is 0 Å². The van der Waals surface area contributed by atoms with Crippen LogP contribution in [-0.4, -0.2) is 31.3 Å². The van der Waals surface area contributed by atoms with Gasteiger partial charge in [0.2, 0.25) is 0 Å². The van der Waals surface area contributed by atoms with Gasteiger partial charge in [-0.15, -0.1) is 0 Å². The molecule has 3 nitrogen and oxygen atoms in total. The Kier molecular flexibility index (Phi) is 5.02. The summed E-state index contributed by atoms with van der Waals surface area (Å²) in [4.78, 5) is 2.39. The van der Waals surface area contributed by atoms with E-state index in [0.29, 0.717) is 12.5 Å². The van der Waals surface area contributed by atoms with Crippen molar-refractivity contribution in [1.82, 2.24) is 5.32 Å². The van der Waals surface area contributed by atoms with E-state index in [1.54, 1.807) is 0 Å². The van der Waals surface area contributed by atoms with Crippen LogP contribution in [0.4, 0.5) is 5.69 Å². The normalized spacial score (nSPS) is 20.1. The molecular formula is C15H24N2O. The molecule has 0 radical (unpaired) electrons. The van der Waals surface area contributed by atoms with E-state index in [4.69, 9.17) is 0 Å². The number of aliphatic hydroxyl groups is 1. The van der Waals surface area contributed by atoms with Gasteiger partial charge in [0.15, 0.2) is 0 Å². The molecule has 18 heavy (non-hydrogen) atoms. The van der Waals surface area contributed by atoms with Gasteiger partial charge in [0.25, 0.3) is 0 Å². The summed E-state index contributed by atoms with van der Waals surface area (Å²) in [5.74, 6) is 0.445. The van der Waals surface area contributed by atoms with Crippen molar-refractivity contribution in [3.63, 3.8) is 0 Å². The van der Waals surface area contributed by atoms with Crippen molar-refractivity contribution >= 4 is 5.69 Å². The fraction of sp³-hybridized carbons (Fsp3) is 0.600. The monoisotopic (exact) mass is 248 g/mol. The lowest BCUT2D eigenvalue weighted by Gasteiger charge is -2.33. The number of hydrogen-bond acceptors (Lipinski definition) is 3. The van der Waals surface area contributed by atoms with Gasteiger partial charge in [0, 0.05) is 31.9 Å². The molecular weight excluding hydrogens is 224 g/mol. The van der Waals surface area contributed by atoms with Crippen molar-refractivity contribution in [2.24, 2.45) is 5.92 Å². The lowest BCUT2D eigenvalue weighted by Crippen LogP contribution is -2.36. The summed E-state index contributed by atoms with van der Waals surface area (Å²) in [7, 11) is 0. The smallest absolute Gasteiger partial charge is 0.0476 e. The average molecular weight is 248 g/mol. The van der Waals surface area contributed by atoms with Crippen LogP contribution in [0.5, 0.6) is 0 Å². The van der Waals surface area contributed by atoms with Gasteiger partial charge in [0.05, 0.1) is 0 Å². The molecule has 3 heteroatoms. The fourth-order valence-electron chi connectivity index (χ4n) is 2.54. The molecule has 1 atom stereocenters. The predicted molar refractivity (Wildman–Crippen MR) is 75.8 cm³/mol. The van der Waals surface area contributed by atoms with E-state index < -0.39 is 0 Å². The first-order chi connectivity index (χ1) is 8.83. The molecule has 0 saturated carbocycles. The van der Waals surface area contributed by atoms with Gasteiger partial charge in [-0.25, -0.2) is 0 Å². The highest BCUT2D eigenvalue weighted by Gasteiger charge is 2.19. The van der Waals surface area contributed by atoms with Crippen LogP contribution in [0, 0.1) is 5.92 Å². The molecule has 0 bridgehead atoms. The van der Waals surface area contributed by atoms with E-state index >= 15 is 0 Å². The first-order valence-electron chi connectivity index (χ1n) is 6.99. The summed E-state index contributed by atoms with van der Waals surface area (Å²) in [5.41, 5.74) is 2.62. The summed E-state index contributed by atoms with van der Waals surface area (Å²) in [6.45, 7) is 6.49. The SMILES string of the molecule is CCNCc1ccc(N2CCCC(CO)C2)cc1. The van der Waals surface area contributed by atoms with E-state index in [1.807, 2.05) is 0 Å². The molecule has 1 heterocycles. The Labute approximate surface area is 110 Å². The number of anilines is 1. The number of nitrogens with zero attached hydrogens (tertiary/aromatic N) is 1. The first-order valence-corrected chi connectivity index (χ1v) is 6.99. The van der Waals surface area contributed by atoms with Crippen molar-refractivity contribution < 1.29 is 5.11 Å². The van der Waals surface area contributed by atoms with Gasteiger partial charge < -0.3 is 15.3 Å². The molecule has 1 aromatic carbocycles. The second-order valence-electron chi connectivity index (χ2n) is 5.08. The maximum absolute atomic E-state index is 9.26. The molecule has 1 aromatic rings. The van der Waals surface area contributed by atoms with Crippen molar-refractivity contribution in [3.05, 3.63) is 29.8 Å². The van der Waals surface area contributed by atoms with Gasteiger partial charge in [-0.2, -0.15) is 0 Å². The molecule has 1 aliphatic heterocycles. The third-order valence-corrected chi connectivity index (χ3v) is 3.66. The van der Waals surface area contributed by atoms with Crippen LogP contribution in [0.1, 0.15) is 25.3 Å². The van der Waals surface area contributed by atoms with Crippen LogP contribution in [-0.2, 0) is 6.54 Å². The van der Waals surface area contributed by atoms with E-state index in [-0.39, 0.29) is 0 Å². The molecule has 0 aromatic heterocycles. The van der Waals surface area contributed by atoms with Crippen LogP contribution in [0.25, 0.3) is 0 Å². The average Bonchev–Trinajstić information content (AvgIpc) is 2.46. The standard InChI is InChI=1S/C15H24N2O/c1-2-16-10-13-5-7-15(8-6-13)17-9-3-4-14(11-17)12-18/h5-8,14,16,18H,2-4,9-12H2,1H3. The molecule has 1 fully saturated rings. The highest BCUT2D eigenvalue weighted by molar-refractivity contribution is 5.48. The van der Waals surface area contributed by atoms with Crippen LogP contribution >= 0.6 is 0 Å². The van der Waals surface area contributed by atoms with Crippen molar-refractivity contribution in [2.75, 3.05) is 31.1 Å². The number of hydrogen-bond donors (Lipinski definition) is 2. The second-order valence-corrected chi connectivity index (χ2v) is 5.08. The minimum atomic E-state index is 0.314. The van der Waals surface area contributed by atoms with E-state index in [2.05, 4.69) is 41.4 Å². The largest absolute Gasteiger partial charge is 0.396 e. The maximum Gasteiger partial charge on any atom is 0.0476 e. The Morgan fingerprint density at radius 3 is 2.78 bits per heavy atom. The molecule has 0 amide bonds. The topological polar surface area (TPSA) is 35.5 Å². The zero-order valence-corrected chi connectivity index (χ0v) is 11.2. The van der Waals surface area contributed by atoms with Crippen LogP contribution < -0.4 is 10.2 Å². The van der Waals surface area contributed by atoms with Crippen molar-refractivity contribution in [3.8, 4) is 0 Å². The van der Waals surface area contributed by atoms with Crippen molar-refractivity contribution in [2.45, 2.75) is 26.3 Å². The molecule has 1 unspecified atom stereocenters. The Hall–Kier alpha value is -1.06. The van der Waals surface area contributed by atoms with E-state index in [1.165, 1.54) is 17.7 Å². The molecule has 2 rings (SSSR count). The number of piperidine rings is 1. The third kappa shape index (κ3) is 3.47. The molecule has 100 valence electrons. The molecule has 0 spiro atoms. The van der Waals surface area contributed by atoms with Gasteiger partial charge in [0.1, 0.15) is 0 Å². The molecule has 0 aliphatic carbocycles. The number of aliphatic hydroxyl groups excluding tert-OH is 1. The highest BCUT2D eigenvalue weighted by atomic mass is 16.3. The molecule has 2 N–H and O–H groups in total. The quantitative estimate of drug-likeness (QED) is 0.836. The van der Waals surface area contributed by atoms with Crippen LogP contribution in [0.3, 0.4) is 0 Å². The Morgan fingerprint density at radius 1 is 1.33 bits per heavy atom. The second kappa shape index (κ2) is 6.76. The summed E-state index contributed by atoms with van der Waals surface area (Å²) >= 11 is 0. The molecule has 1 saturated heterocycles. The predicted octanol–water partition coefficient (Wildman–Crippen LogP) is 2.00. The minimum Gasteiger partial charge on any atom is -0.396 e. The van der Waals surface area contributed by atoms with Gasteiger partial charge >= 0.3 is 0 Å². The summed E-state index contributed by atoms with van der Waals surface area (Å²) in [5, 5.41) is 12.6. The Bertz CT molecular complexity index is 350. The summed E-state index contributed by atoms with van der Waals surface area (Å²) in [6.07, 6.45) is 2.34. The van der Waals surface area contributed by atoms with Crippen LogP contribution in [0.15, 0.2) is 24.3 Å². The fourth-order valence-corrected chi connectivity index (χ4v) is 2.54.